The third kappa shape index (κ3) is 4.93. The smallest absolute Gasteiger partial charge is 0.407 e. The highest BCUT2D eigenvalue weighted by Crippen LogP contribution is 2.34. The number of carbonyl (C=O) groups is 1. The number of benzene rings is 1. The van der Waals surface area contributed by atoms with E-state index in [1.165, 1.54) is 12.1 Å². The molecule has 0 saturated carbocycles. The van der Waals surface area contributed by atoms with Crippen molar-refractivity contribution in [3.05, 3.63) is 46.4 Å². The number of rotatable bonds is 3. The van der Waals surface area contributed by atoms with E-state index >= 15 is 0 Å². The van der Waals surface area contributed by atoms with Crippen molar-refractivity contribution in [2.45, 2.75) is 45.3 Å². The van der Waals surface area contributed by atoms with Crippen LogP contribution in [0.4, 0.5) is 15.1 Å². The van der Waals surface area contributed by atoms with E-state index < -0.39 is 17.5 Å². The van der Waals surface area contributed by atoms with Gasteiger partial charge in [-0.3, -0.25) is 4.40 Å². The summed E-state index contributed by atoms with van der Waals surface area (Å²) in [6.07, 6.45) is 4.56. The number of fused-ring (bicyclic) bond motifs is 1. The van der Waals surface area contributed by atoms with Crippen LogP contribution in [0.25, 0.3) is 16.9 Å². The van der Waals surface area contributed by atoms with E-state index in [2.05, 4.69) is 31.1 Å². The number of nitrogens with one attached hydrogen (secondary N) is 1. The van der Waals surface area contributed by atoms with E-state index in [0.717, 1.165) is 12.8 Å². The summed E-state index contributed by atoms with van der Waals surface area (Å²) in [6, 6.07) is 6.28. The SMILES string of the molecule is CC(C)(C)OC(=O)NC1CCN(c2nc(-c3ccc(C#N)c(F)c3)c(Br)c3nccn23)CC1. The third-order valence-electron chi connectivity index (χ3n) is 5.33. The van der Waals surface area contributed by atoms with Gasteiger partial charge in [-0.05, 0) is 61.7 Å². The minimum absolute atomic E-state index is 0.0110. The van der Waals surface area contributed by atoms with Crippen molar-refractivity contribution in [3.8, 4) is 17.3 Å². The van der Waals surface area contributed by atoms with Crippen LogP contribution in [0.3, 0.4) is 0 Å². The number of hydrogen-bond donors (Lipinski definition) is 1. The van der Waals surface area contributed by atoms with Crippen LogP contribution < -0.4 is 10.2 Å². The fraction of sp³-hybridized carbons (Fsp3) is 0.391. The maximum absolute atomic E-state index is 14.3. The van der Waals surface area contributed by atoms with Gasteiger partial charge in [0.25, 0.3) is 0 Å². The molecule has 33 heavy (non-hydrogen) atoms. The number of ether oxygens (including phenoxy) is 1. The van der Waals surface area contributed by atoms with E-state index in [-0.39, 0.29) is 11.6 Å². The average Bonchev–Trinajstić information content (AvgIpc) is 3.24. The van der Waals surface area contributed by atoms with Crippen LogP contribution in [-0.2, 0) is 4.74 Å². The molecule has 3 aromatic rings. The van der Waals surface area contributed by atoms with Crippen LogP contribution in [0.5, 0.6) is 0 Å². The van der Waals surface area contributed by atoms with Gasteiger partial charge in [0, 0.05) is 37.1 Å². The minimum atomic E-state index is -0.595. The van der Waals surface area contributed by atoms with Gasteiger partial charge in [-0.25, -0.2) is 19.2 Å². The van der Waals surface area contributed by atoms with Crippen LogP contribution in [0.2, 0.25) is 0 Å². The fourth-order valence-electron chi connectivity index (χ4n) is 3.80. The van der Waals surface area contributed by atoms with E-state index in [1.807, 2.05) is 37.4 Å². The molecular formula is C23H24BrFN6O2. The number of alkyl carbamates (subject to hydrolysis) is 1. The molecule has 1 fully saturated rings. The standard InChI is InChI=1S/C23H24BrFN6O2/c1-23(2,3)33-22(32)28-16-6-9-30(10-7-16)21-29-19(18(24)20-27-8-11-31(20)21)14-4-5-15(13-26)17(25)12-14/h4-5,8,11-12,16H,6-7,9-10H2,1-3H3,(H,28,32). The monoisotopic (exact) mass is 514 g/mol. The number of amides is 1. The van der Waals surface area contributed by atoms with E-state index in [9.17, 15) is 9.18 Å². The highest BCUT2D eigenvalue weighted by molar-refractivity contribution is 9.10. The lowest BCUT2D eigenvalue weighted by Gasteiger charge is -2.34. The number of piperidine rings is 1. The molecule has 2 aromatic heterocycles. The van der Waals surface area contributed by atoms with Crippen LogP contribution in [-0.4, -0.2) is 45.2 Å². The molecule has 0 atom stereocenters. The summed E-state index contributed by atoms with van der Waals surface area (Å²) in [7, 11) is 0. The summed E-state index contributed by atoms with van der Waals surface area (Å²) in [5.74, 6) is 0.0867. The zero-order valence-corrected chi connectivity index (χ0v) is 20.2. The summed E-state index contributed by atoms with van der Waals surface area (Å²) in [6.45, 7) is 6.85. The van der Waals surface area contributed by atoms with Crippen LogP contribution >= 0.6 is 15.9 Å². The van der Waals surface area contributed by atoms with Crippen molar-refractivity contribution < 1.29 is 13.9 Å². The maximum Gasteiger partial charge on any atom is 0.407 e. The van der Waals surface area contributed by atoms with Gasteiger partial charge in [-0.2, -0.15) is 5.26 Å². The fourth-order valence-corrected chi connectivity index (χ4v) is 4.41. The van der Waals surface area contributed by atoms with E-state index in [4.69, 9.17) is 15.0 Å². The van der Waals surface area contributed by atoms with Gasteiger partial charge in [0.05, 0.1) is 15.7 Å². The van der Waals surface area contributed by atoms with Crippen molar-refractivity contribution in [2.75, 3.05) is 18.0 Å². The van der Waals surface area contributed by atoms with Gasteiger partial charge in [0.15, 0.2) is 5.65 Å². The second kappa shape index (κ2) is 8.98. The Hall–Kier alpha value is -3.19. The second-order valence-corrected chi connectivity index (χ2v) is 9.70. The molecule has 10 heteroatoms. The molecule has 0 unspecified atom stereocenters. The normalized spacial score (nSPS) is 14.8. The number of carbonyl (C=O) groups excluding carboxylic acids is 1. The molecular weight excluding hydrogens is 491 g/mol. The van der Waals surface area contributed by atoms with Crippen LogP contribution in [0, 0.1) is 17.1 Å². The van der Waals surface area contributed by atoms with Crippen molar-refractivity contribution in [3.63, 3.8) is 0 Å². The molecule has 3 heterocycles. The van der Waals surface area contributed by atoms with Crippen molar-refractivity contribution in [1.29, 1.82) is 5.26 Å². The van der Waals surface area contributed by atoms with Gasteiger partial charge in [-0.15, -0.1) is 0 Å². The first kappa shape index (κ1) is 23.0. The van der Waals surface area contributed by atoms with Gasteiger partial charge in [-0.1, -0.05) is 6.07 Å². The zero-order valence-electron chi connectivity index (χ0n) is 18.6. The Kier molecular flexibility index (Phi) is 6.26. The Morgan fingerprint density at radius 3 is 2.70 bits per heavy atom. The first-order chi connectivity index (χ1) is 15.7. The molecule has 1 aromatic carbocycles. The highest BCUT2D eigenvalue weighted by Gasteiger charge is 2.26. The quantitative estimate of drug-likeness (QED) is 0.545. The maximum atomic E-state index is 14.3. The second-order valence-electron chi connectivity index (χ2n) is 8.91. The summed E-state index contributed by atoms with van der Waals surface area (Å²) in [4.78, 5) is 23.5. The topological polar surface area (TPSA) is 95.5 Å². The molecule has 4 rings (SSSR count). The van der Waals surface area contributed by atoms with Gasteiger partial charge < -0.3 is 15.0 Å². The minimum Gasteiger partial charge on any atom is -0.444 e. The van der Waals surface area contributed by atoms with Crippen molar-refractivity contribution in [1.82, 2.24) is 19.7 Å². The molecule has 8 nitrogen and oxygen atoms in total. The number of aromatic nitrogens is 3. The molecule has 172 valence electrons. The number of nitrogens with zero attached hydrogens (tertiary/aromatic N) is 5. The Bertz CT molecular complexity index is 1240. The molecule has 0 radical (unpaired) electrons. The van der Waals surface area contributed by atoms with Crippen molar-refractivity contribution in [2.24, 2.45) is 0 Å². The number of hydrogen-bond acceptors (Lipinski definition) is 6. The Morgan fingerprint density at radius 1 is 1.33 bits per heavy atom. The number of halogens is 2. The predicted molar refractivity (Wildman–Crippen MR) is 125 cm³/mol. The molecule has 1 aliphatic heterocycles. The summed E-state index contributed by atoms with van der Waals surface area (Å²) >= 11 is 3.56. The van der Waals surface area contributed by atoms with Crippen molar-refractivity contribution >= 4 is 33.6 Å². The van der Waals surface area contributed by atoms with E-state index in [0.29, 0.717) is 40.4 Å². The lowest BCUT2D eigenvalue weighted by molar-refractivity contribution is 0.0497. The van der Waals surface area contributed by atoms with Crippen LogP contribution in [0.15, 0.2) is 35.1 Å². The van der Waals surface area contributed by atoms with Gasteiger partial charge >= 0.3 is 6.09 Å². The lowest BCUT2D eigenvalue weighted by Crippen LogP contribution is -2.46. The zero-order chi connectivity index (χ0) is 23.8. The number of anilines is 1. The number of imidazole rings is 1. The number of nitriles is 1. The first-order valence-corrected chi connectivity index (χ1v) is 11.4. The van der Waals surface area contributed by atoms with Gasteiger partial charge in [0.1, 0.15) is 17.5 Å². The van der Waals surface area contributed by atoms with Crippen LogP contribution in [0.1, 0.15) is 39.2 Å². The highest BCUT2D eigenvalue weighted by atomic mass is 79.9. The summed E-state index contributed by atoms with van der Waals surface area (Å²) < 4.78 is 22.2. The molecule has 1 N–H and O–H groups in total. The molecule has 0 aliphatic carbocycles. The molecule has 0 spiro atoms. The Balaban J connectivity index is 1.59. The Labute approximate surface area is 199 Å². The molecule has 1 amide bonds. The molecule has 1 aliphatic rings. The van der Waals surface area contributed by atoms with E-state index in [1.54, 1.807) is 12.3 Å². The summed E-state index contributed by atoms with van der Waals surface area (Å²) in [5, 5.41) is 12.0. The average molecular weight is 515 g/mol. The first-order valence-electron chi connectivity index (χ1n) is 10.6. The lowest BCUT2D eigenvalue weighted by atomic mass is 10.1. The molecule has 0 bridgehead atoms. The third-order valence-corrected chi connectivity index (χ3v) is 6.06. The molecule has 1 saturated heterocycles. The van der Waals surface area contributed by atoms with Gasteiger partial charge in [0.2, 0.25) is 5.95 Å². The predicted octanol–water partition coefficient (Wildman–Crippen LogP) is 4.66. The Morgan fingerprint density at radius 2 is 2.06 bits per heavy atom. The largest absolute Gasteiger partial charge is 0.444 e. The summed E-state index contributed by atoms with van der Waals surface area (Å²) in [5.41, 5.74) is 1.19.